The van der Waals surface area contributed by atoms with E-state index >= 15 is 0 Å². The molecule has 0 aliphatic carbocycles. The first-order chi connectivity index (χ1) is 8.42. The lowest BCUT2D eigenvalue weighted by atomic mass is 9.94. The van der Waals surface area contributed by atoms with E-state index in [1.54, 1.807) is 24.3 Å². The van der Waals surface area contributed by atoms with Gasteiger partial charge in [0.15, 0.2) is 9.84 Å². The van der Waals surface area contributed by atoms with Crippen LogP contribution < -0.4 is 0 Å². The third-order valence-electron chi connectivity index (χ3n) is 3.23. The average Bonchev–Trinajstić information content (AvgIpc) is 2.37. The van der Waals surface area contributed by atoms with Crippen LogP contribution in [0, 0.1) is 0 Å². The Morgan fingerprint density at radius 2 is 1.72 bits per heavy atom. The van der Waals surface area contributed by atoms with E-state index in [9.17, 15) is 13.5 Å². The lowest BCUT2D eigenvalue weighted by Gasteiger charge is -2.17. The minimum absolute atomic E-state index is 0.0259. The number of rotatable bonds is 6. The van der Waals surface area contributed by atoms with Crippen molar-refractivity contribution in [3.05, 3.63) is 29.8 Å². The lowest BCUT2D eigenvalue weighted by Crippen LogP contribution is -2.14. The summed E-state index contributed by atoms with van der Waals surface area (Å²) in [6.07, 6.45) is 0.926. The molecule has 4 heteroatoms. The zero-order valence-electron chi connectivity index (χ0n) is 11.3. The number of benzene rings is 1. The van der Waals surface area contributed by atoms with Gasteiger partial charge in [-0.15, -0.1) is 0 Å². The fourth-order valence-electron chi connectivity index (χ4n) is 1.94. The van der Waals surface area contributed by atoms with Crippen molar-refractivity contribution in [2.24, 2.45) is 0 Å². The highest BCUT2D eigenvalue weighted by molar-refractivity contribution is 7.91. The van der Waals surface area contributed by atoms with Crippen LogP contribution in [0.15, 0.2) is 29.2 Å². The SMILES string of the molecule is CCCS(=O)(=O)c1ccc(C(C)C(O)CC)cc1. The maximum Gasteiger partial charge on any atom is 0.178 e. The van der Waals surface area contributed by atoms with E-state index < -0.39 is 9.84 Å². The number of hydrogen-bond donors (Lipinski definition) is 1. The van der Waals surface area contributed by atoms with Crippen molar-refractivity contribution in [2.75, 3.05) is 5.75 Å². The minimum Gasteiger partial charge on any atom is -0.393 e. The Kier molecular flexibility index (Phi) is 5.35. The smallest absolute Gasteiger partial charge is 0.178 e. The van der Waals surface area contributed by atoms with Gasteiger partial charge in [0, 0.05) is 5.92 Å². The van der Waals surface area contributed by atoms with Crippen LogP contribution in [0.5, 0.6) is 0 Å². The van der Waals surface area contributed by atoms with E-state index in [2.05, 4.69) is 0 Å². The molecular weight excluding hydrogens is 248 g/mol. The Morgan fingerprint density at radius 3 is 2.17 bits per heavy atom. The van der Waals surface area contributed by atoms with Gasteiger partial charge in [0.05, 0.1) is 16.8 Å². The summed E-state index contributed by atoms with van der Waals surface area (Å²) < 4.78 is 23.7. The van der Waals surface area contributed by atoms with Crippen LogP contribution >= 0.6 is 0 Å². The number of aliphatic hydroxyl groups excluding tert-OH is 1. The molecular formula is C14H22O3S. The Morgan fingerprint density at radius 1 is 1.17 bits per heavy atom. The van der Waals surface area contributed by atoms with Crippen LogP contribution in [0.4, 0.5) is 0 Å². The molecule has 1 rings (SSSR count). The van der Waals surface area contributed by atoms with Gasteiger partial charge in [-0.05, 0) is 30.5 Å². The first-order valence-corrected chi connectivity index (χ1v) is 8.08. The zero-order valence-corrected chi connectivity index (χ0v) is 12.1. The largest absolute Gasteiger partial charge is 0.393 e. The molecule has 1 aromatic carbocycles. The summed E-state index contributed by atoms with van der Waals surface area (Å²) >= 11 is 0. The van der Waals surface area contributed by atoms with E-state index in [1.807, 2.05) is 20.8 Å². The number of sulfone groups is 1. The molecule has 2 atom stereocenters. The van der Waals surface area contributed by atoms with Gasteiger partial charge in [0.2, 0.25) is 0 Å². The van der Waals surface area contributed by atoms with Crippen molar-refractivity contribution in [2.45, 2.75) is 50.5 Å². The van der Waals surface area contributed by atoms with Crippen LogP contribution in [-0.4, -0.2) is 25.4 Å². The molecule has 0 aliphatic rings. The van der Waals surface area contributed by atoms with Crippen molar-refractivity contribution < 1.29 is 13.5 Å². The van der Waals surface area contributed by atoms with Crippen LogP contribution in [0.3, 0.4) is 0 Å². The van der Waals surface area contributed by atoms with Crippen molar-refractivity contribution in [1.29, 1.82) is 0 Å². The molecule has 0 fully saturated rings. The number of aliphatic hydroxyl groups is 1. The first-order valence-electron chi connectivity index (χ1n) is 6.43. The normalized spacial score (nSPS) is 15.3. The van der Waals surface area contributed by atoms with Crippen LogP contribution in [0.1, 0.15) is 45.1 Å². The molecule has 0 radical (unpaired) electrons. The number of hydrogen-bond acceptors (Lipinski definition) is 3. The first kappa shape index (κ1) is 15.2. The predicted octanol–water partition coefficient (Wildman–Crippen LogP) is 2.74. The second-order valence-corrected chi connectivity index (χ2v) is 6.76. The second-order valence-electron chi connectivity index (χ2n) is 4.65. The third kappa shape index (κ3) is 3.56. The summed E-state index contributed by atoms with van der Waals surface area (Å²) in [7, 11) is -3.14. The van der Waals surface area contributed by atoms with Crippen molar-refractivity contribution in [3.8, 4) is 0 Å². The van der Waals surface area contributed by atoms with E-state index in [4.69, 9.17) is 0 Å². The highest BCUT2D eigenvalue weighted by Gasteiger charge is 2.16. The molecule has 1 aromatic rings. The average molecular weight is 270 g/mol. The molecule has 0 saturated heterocycles. The van der Waals surface area contributed by atoms with E-state index in [-0.39, 0.29) is 17.8 Å². The van der Waals surface area contributed by atoms with Gasteiger partial charge in [-0.2, -0.15) is 0 Å². The fourth-order valence-corrected chi connectivity index (χ4v) is 3.26. The van der Waals surface area contributed by atoms with E-state index in [0.29, 0.717) is 17.7 Å². The van der Waals surface area contributed by atoms with Crippen molar-refractivity contribution >= 4 is 9.84 Å². The van der Waals surface area contributed by atoms with Gasteiger partial charge in [-0.3, -0.25) is 0 Å². The maximum absolute atomic E-state index is 11.9. The van der Waals surface area contributed by atoms with Gasteiger partial charge >= 0.3 is 0 Å². The summed E-state index contributed by atoms with van der Waals surface area (Å²) in [6, 6.07) is 6.87. The fraction of sp³-hybridized carbons (Fsp3) is 0.571. The van der Waals surface area contributed by atoms with Gasteiger partial charge in [0.1, 0.15) is 0 Å². The van der Waals surface area contributed by atoms with Gasteiger partial charge in [-0.1, -0.05) is 32.9 Å². The summed E-state index contributed by atoms with van der Waals surface area (Å²) in [4.78, 5) is 0.367. The molecule has 2 unspecified atom stereocenters. The third-order valence-corrected chi connectivity index (χ3v) is 5.17. The van der Waals surface area contributed by atoms with Crippen molar-refractivity contribution in [1.82, 2.24) is 0 Å². The quantitative estimate of drug-likeness (QED) is 0.864. The molecule has 1 N–H and O–H groups in total. The molecule has 0 saturated carbocycles. The summed E-state index contributed by atoms with van der Waals surface area (Å²) in [6.45, 7) is 5.73. The zero-order chi connectivity index (χ0) is 13.8. The van der Waals surface area contributed by atoms with Crippen LogP contribution in [-0.2, 0) is 9.84 Å². The minimum atomic E-state index is -3.14. The second kappa shape index (κ2) is 6.34. The monoisotopic (exact) mass is 270 g/mol. The Labute approximate surface area is 110 Å². The molecule has 102 valence electrons. The summed E-state index contributed by atoms with van der Waals surface area (Å²) in [5.41, 5.74) is 0.972. The molecule has 0 spiro atoms. The molecule has 3 nitrogen and oxygen atoms in total. The predicted molar refractivity (Wildman–Crippen MR) is 73.5 cm³/mol. The van der Waals surface area contributed by atoms with Crippen molar-refractivity contribution in [3.63, 3.8) is 0 Å². The highest BCUT2D eigenvalue weighted by Crippen LogP contribution is 2.23. The standard InChI is InChI=1S/C14H22O3S/c1-4-10-18(16,17)13-8-6-12(7-9-13)11(3)14(15)5-2/h6-9,11,14-15H,4-5,10H2,1-3H3. The van der Waals surface area contributed by atoms with E-state index in [0.717, 1.165) is 5.56 Å². The maximum atomic E-state index is 11.9. The molecule has 0 heterocycles. The molecule has 0 aliphatic heterocycles. The van der Waals surface area contributed by atoms with E-state index in [1.165, 1.54) is 0 Å². The molecule has 0 aromatic heterocycles. The Balaban J connectivity index is 2.93. The molecule has 0 amide bonds. The Hall–Kier alpha value is -0.870. The van der Waals surface area contributed by atoms with Crippen LogP contribution in [0.2, 0.25) is 0 Å². The van der Waals surface area contributed by atoms with Gasteiger partial charge in [-0.25, -0.2) is 8.42 Å². The van der Waals surface area contributed by atoms with Crippen LogP contribution in [0.25, 0.3) is 0 Å². The molecule has 0 bridgehead atoms. The Bertz CT molecular complexity index is 462. The topological polar surface area (TPSA) is 54.4 Å². The summed E-state index contributed by atoms with van der Waals surface area (Å²) in [5.74, 6) is 0.206. The molecule has 18 heavy (non-hydrogen) atoms. The van der Waals surface area contributed by atoms with Gasteiger partial charge < -0.3 is 5.11 Å². The highest BCUT2D eigenvalue weighted by atomic mass is 32.2. The van der Waals surface area contributed by atoms with Gasteiger partial charge in [0.25, 0.3) is 0 Å². The lowest BCUT2D eigenvalue weighted by molar-refractivity contribution is 0.145. The summed E-state index contributed by atoms with van der Waals surface area (Å²) in [5, 5.41) is 9.78.